The number of hydrogen-bond acceptors (Lipinski definition) is 3. The van der Waals surface area contributed by atoms with Crippen LogP contribution in [0.15, 0.2) is 24.3 Å². The quantitative estimate of drug-likeness (QED) is 0.805. The fourth-order valence-electron chi connectivity index (χ4n) is 1.24. The van der Waals surface area contributed by atoms with E-state index in [0.717, 1.165) is 17.7 Å². The zero-order chi connectivity index (χ0) is 12.0. The molecule has 0 aromatic heterocycles. The maximum Gasteiger partial charge on any atom is 0.119 e. The molecule has 16 heavy (non-hydrogen) atoms. The summed E-state index contributed by atoms with van der Waals surface area (Å²) in [5.74, 6) is 0.879. The van der Waals surface area contributed by atoms with Gasteiger partial charge in [0.1, 0.15) is 5.75 Å². The van der Waals surface area contributed by atoms with Crippen LogP contribution in [0, 0.1) is 0 Å². The molecule has 0 aliphatic heterocycles. The molecule has 0 saturated heterocycles. The highest BCUT2D eigenvalue weighted by Crippen LogP contribution is 2.16. The van der Waals surface area contributed by atoms with Crippen LogP contribution in [-0.2, 0) is 11.3 Å². The highest BCUT2D eigenvalue weighted by atomic mass is 16.5. The number of nitrogens with two attached hydrogens (primary N) is 1. The number of methoxy groups -OCH3 is 1. The van der Waals surface area contributed by atoms with Crippen molar-refractivity contribution in [2.24, 2.45) is 5.73 Å². The average Bonchev–Trinajstić information content (AvgIpc) is 2.30. The van der Waals surface area contributed by atoms with Crippen molar-refractivity contribution in [1.29, 1.82) is 0 Å². The van der Waals surface area contributed by atoms with Gasteiger partial charge in [0.15, 0.2) is 0 Å². The molecule has 1 aromatic carbocycles. The van der Waals surface area contributed by atoms with E-state index in [1.807, 2.05) is 38.1 Å². The summed E-state index contributed by atoms with van der Waals surface area (Å²) in [4.78, 5) is 0. The molecule has 0 saturated carbocycles. The molecule has 0 fully saturated rings. The second-order valence-electron chi connectivity index (χ2n) is 4.41. The van der Waals surface area contributed by atoms with E-state index in [1.54, 1.807) is 7.11 Å². The van der Waals surface area contributed by atoms with Crippen LogP contribution in [0.1, 0.15) is 25.8 Å². The van der Waals surface area contributed by atoms with Crippen molar-refractivity contribution in [1.82, 2.24) is 0 Å². The Balaban J connectivity index is 2.37. The van der Waals surface area contributed by atoms with Crippen molar-refractivity contribution in [2.45, 2.75) is 32.4 Å². The van der Waals surface area contributed by atoms with Crippen molar-refractivity contribution in [3.8, 4) is 5.75 Å². The van der Waals surface area contributed by atoms with Gasteiger partial charge in [-0.15, -0.1) is 0 Å². The number of benzene rings is 1. The monoisotopic (exact) mass is 223 g/mol. The van der Waals surface area contributed by atoms with E-state index in [9.17, 15) is 0 Å². The Bertz CT molecular complexity index is 306. The van der Waals surface area contributed by atoms with Gasteiger partial charge in [-0.3, -0.25) is 0 Å². The second-order valence-corrected chi connectivity index (χ2v) is 4.41. The third-order valence-corrected chi connectivity index (χ3v) is 2.68. The summed E-state index contributed by atoms with van der Waals surface area (Å²) in [6.07, 6.45) is 0.863. The Labute approximate surface area is 97.6 Å². The molecule has 0 amide bonds. The summed E-state index contributed by atoms with van der Waals surface area (Å²) in [5, 5.41) is 0. The van der Waals surface area contributed by atoms with E-state index >= 15 is 0 Å². The summed E-state index contributed by atoms with van der Waals surface area (Å²) in [6, 6.07) is 7.86. The third kappa shape index (κ3) is 4.21. The van der Waals surface area contributed by atoms with Gasteiger partial charge < -0.3 is 15.2 Å². The summed E-state index contributed by atoms with van der Waals surface area (Å²) in [5.41, 5.74) is 6.51. The van der Waals surface area contributed by atoms with E-state index in [0.29, 0.717) is 13.2 Å². The first kappa shape index (κ1) is 13.0. The molecule has 0 unspecified atom stereocenters. The molecule has 1 aromatic rings. The molecule has 0 atom stereocenters. The van der Waals surface area contributed by atoms with Crippen LogP contribution in [0.25, 0.3) is 0 Å². The van der Waals surface area contributed by atoms with E-state index in [-0.39, 0.29) is 5.60 Å². The smallest absolute Gasteiger partial charge is 0.119 e. The molecular weight excluding hydrogens is 202 g/mol. The fourth-order valence-corrected chi connectivity index (χ4v) is 1.24. The summed E-state index contributed by atoms with van der Waals surface area (Å²) in [7, 11) is 1.72. The summed E-state index contributed by atoms with van der Waals surface area (Å²) < 4.78 is 10.9. The van der Waals surface area contributed by atoms with Crippen LogP contribution >= 0.6 is 0 Å². The maximum atomic E-state index is 5.62. The molecule has 0 bridgehead atoms. The Morgan fingerprint density at radius 2 is 1.81 bits per heavy atom. The number of rotatable bonds is 6. The van der Waals surface area contributed by atoms with Gasteiger partial charge in [-0.1, -0.05) is 12.1 Å². The lowest BCUT2D eigenvalue weighted by Crippen LogP contribution is -2.25. The van der Waals surface area contributed by atoms with Crippen LogP contribution in [0.4, 0.5) is 0 Å². The molecule has 0 radical (unpaired) electrons. The van der Waals surface area contributed by atoms with Crippen LogP contribution in [0.3, 0.4) is 0 Å². The Kier molecular flexibility index (Phi) is 4.77. The lowest BCUT2D eigenvalue weighted by Gasteiger charge is -2.22. The van der Waals surface area contributed by atoms with Crippen molar-refractivity contribution in [3.63, 3.8) is 0 Å². The minimum atomic E-state index is -0.128. The fraction of sp³-hybridized carbons (Fsp3) is 0.538. The maximum absolute atomic E-state index is 5.62. The van der Waals surface area contributed by atoms with Gasteiger partial charge in [-0.05, 0) is 31.5 Å². The van der Waals surface area contributed by atoms with E-state index in [1.165, 1.54) is 0 Å². The molecule has 0 heterocycles. The van der Waals surface area contributed by atoms with Gasteiger partial charge in [0.05, 0.1) is 12.2 Å². The topological polar surface area (TPSA) is 44.5 Å². The zero-order valence-electron chi connectivity index (χ0n) is 10.3. The van der Waals surface area contributed by atoms with Crippen molar-refractivity contribution in [2.75, 3.05) is 13.7 Å². The van der Waals surface area contributed by atoms with E-state index in [2.05, 4.69) is 0 Å². The first-order valence-electron chi connectivity index (χ1n) is 5.54. The molecule has 0 spiro atoms. The highest BCUT2D eigenvalue weighted by Gasteiger charge is 2.15. The Morgan fingerprint density at radius 1 is 1.19 bits per heavy atom. The molecule has 0 aliphatic carbocycles. The largest absolute Gasteiger partial charge is 0.493 e. The van der Waals surface area contributed by atoms with Crippen LogP contribution in [0.5, 0.6) is 5.75 Å². The van der Waals surface area contributed by atoms with Crippen LogP contribution < -0.4 is 10.5 Å². The van der Waals surface area contributed by atoms with E-state index in [4.69, 9.17) is 15.2 Å². The van der Waals surface area contributed by atoms with Gasteiger partial charge in [0.25, 0.3) is 0 Å². The van der Waals surface area contributed by atoms with Gasteiger partial charge in [0.2, 0.25) is 0 Å². The molecule has 3 nitrogen and oxygen atoms in total. The molecule has 0 aliphatic rings. The molecule has 3 heteroatoms. The summed E-state index contributed by atoms with van der Waals surface area (Å²) >= 11 is 0. The number of ether oxygens (including phenoxy) is 2. The van der Waals surface area contributed by atoms with Crippen molar-refractivity contribution in [3.05, 3.63) is 29.8 Å². The normalized spacial score (nSPS) is 11.5. The van der Waals surface area contributed by atoms with Crippen molar-refractivity contribution >= 4 is 0 Å². The predicted molar refractivity (Wildman–Crippen MR) is 65.5 cm³/mol. The van der Waals surface area contributed by atoms with Gasteiger partial charge >= 0.3 is 0 Å². The minimum Gasteiger partial charge on any atom is -0.493 e. The SMILES string of the molecule is COC(C)(C)CCOc1ccc(CN)cc1. The second kappa shape index (κ2) is 5.87. The Hall–Kier alpha value is -1.06. The van der Waals surface area contributed by atoms with Crippen LogP contribution in [-0.4, -0.2) is 19.3 Å². The molecule has 90 valence electrons. The molecular formula is C13H21NO2. The molecule has 2 N–H and O–H groups in total. The third-order valence-electron chi connectivity index (χ3n) is 2.68. The van der Waals surface area contributed by atoms with Crippen molar-refractivity contribution < 1.29 is 9.47 Å². The first-order chi connectivity index (χ1) is 7.57. The lowest BCUT2D eigenvalue weighted by molar-refractivity contribution is 0.00545. The minimum absolute atomic E-state index is 0.128. The molecule has 1 rings (SSSR count). The predicted octanol–water partition coefficient (Wildman–Crippen LogP) is 2.34. The lowest BCUT2D eigenvalue weighted by atomic mass is 10.1. The standard InChI is InChI=1S/C13H21NO2/c1-13(2,15-3)8-9-16-12-6-4-11(10-14)5-7-12/h4-7H,8-10,14H2,1-3H3. The average molecular weight is 223 g/mol. The zero-order valence-corrected chi connectivity index (χ0v) is 10.3. The Morgan fingerprint density at radius 3 is 2.31 bits per heavy atom. The number of hydrogen-bond donors (Lipinski definition) is 1. The van der Waals surface area contributed by atoms with Gasteiger partial charge in [-0.2, -0.15) is 0 Å². The highest BCUT2D eigenvalue weighted by molar-refractivity contribution is 5.27. The van der Waals surface area contributed by atoms with E-state index < -0.39 is 0 Å². The summed E-state index contributed by atoms with van der Waals surface area (Å²) in [6.45, 7) is 5.32. The first-order valence-corrected chi connectivity index (χ1v) is 5.54. The van der Waals surface area contributed by atoms with Crippen LogP contribution in [0.2, 0.25) is 0 Å². The van der Waals surface area contributed by atoms with Gasteiger partial charge in [-0.25, -0.2) is 0 Å². The van der Waals surface area contributed by atoms with Gasteiger partial charge in [0, 0.05) is 20.1 Å².